The number of fused-ring (bicyclic) bond motifs is 1. The van der Waals surface area contributed by atoms with Crippen LogP contribution < -0.4 is 21.3 Å². The van der Waals surface area contributed by atoms with Gasteiger partial charge >= 0.3 is 5.69 Å². The fourth-order valence-electron chi connectivity index (χ4n) is 3.62. The number of rotatable bonds is 10. The summed E-state index contributed by atoms with van der Waals surface area (Å²) in [5.41, 5.74) is 0.559. The predicted octanol–water partition coefficient (Wildman–Crippen LogP) is 2.92. The number of unbranched alkanes of at least 4 members (excludes halogenated alkanes) is 1. The van der Waals surface area contributed by atoms with Crippen LogP contribution in [0.5, 0.6) is 5.75 Å². The minimum absolute atomic E-state index is 0.157. The zero-order valence-corrected chi connectivity index (χ0v) is 19.1. The van der Waals surface area contributed by atoms with Gasteiger partial charge in [0, 0.05) is 31.6 Å². The minimum atomic E-state index is -0.450. The van der Waals surface area contributed by atoms with Crippen molar-refractivity contribution in [2.45, 2.75) is 59.5 Å². The van der Waals surface area contributed by atoms with Crippen LogP contribution in [-0.2, 0) is 24.3 Å². The number of nitrogens with one attached hydrogen (secondary N) is 2. The second kappa shape index (κ2) is 10.3. The summed E-state index contributed by atoms with van der Waals surface area (Å²) in [6.45, 7) is 7.19. The molecule has 32 heavy (non-hydrogen) atoms. The Morgan fingerprint density at radius 3 is 2.53 bits per heavy atom. The second-order valence-electron chi connectivity index (χ2n) is 8.25. The van der Waals surface area contributed by atoms with Gasteiger partial charge in [-0.3, -0.25) is 19.1 Å². The first kappa shape index (κ1) is 23.3. The molecule has 0 saturated heterocycles. The molecule has 172 valence electrons. The number of methoxy groups -OCH3 is 1. The van der Waals surface area contributed by atoms with E-state index in [4.69, 9.17) is 4.74 Å². The molecule has 9 nitrogen and oxygen atoms in total. The van der Waals surface area contributed by atoms with Crippen LogP contribution in [-0.4, -0.2) is 32.1 Å². The van der Waals surface area contributed by atoms with E-state index in [0.717, 1.165) is 12.8 Å². The third kappa shape index (κ3) is 5.27. The lowest BCUT2D eigenvalue weighted by atomic mass is 10.2. The number of aromatic amines is 1. The quantitative estimate of drug-likeness (QED) is 0.503. The molecule has 0 fully saturated rings. The van der Waals surface area contributed by atoms with Gasteiger partial charge in [0.25, 0.3) is 5.56 Å². The van der Waals surface area contributed by atoms with E-state index in [2.05, 4.69) is 15.3 Å². The Morgan fingerprint density at radius 1 is 1.19 bits per heavy atom. The first-order chi connectivity index (χ1) is 15.3. The largest absolute Gasteiger partial charge is 0.497 e. The molecule has 1 amide bonds. The Bertz CT molecular complexity index is 1190. The Labute approximate surface area is 186 Å². The van der Waals surface area contributed by atoms with E-state index in [-0.39, 0.29) is 18.2 Å². The van der Waals surface area contributed by atoms with Gasteiger partial charge in [0.15, 0.2) is 11.2 Å². The number of benzene rings is 1. The van der Waals surface area contributed by atoms with Crippen molar-refractivity contribution in [1.82, 2.24) is 19.1 Å². The average molecular weight is 442 g/mol. The molecule has 3 rings (SSSR count). The predicted molar refractivity (Wildman–Crippen MR) is 124 cm³/mol. The van der Waals surface area contributed by atoms with Crippen molar-refractivity contribution in [3.63, 3.8) is 0 Å². The van der Waals surface area contributed by atoms with Gasteiger partial charge in [0.1, 0.15) is 11.6 Å². The molecule has 2 heterocycles. The second-order valence-corrected chi connectivity index (χ2v) is 8.25. The van der Waals surface area contributed by atoms with Gasteiger partial charge in [0.05, 0.1) is 7.11 Å². The Morgan fingerprint density at radius 2 is 1.91 bits per heavy atom. The molecule has 0 aliphatic heterocycles. The van der Waals surface area contributed by atoms with Crippen molar-refractivity contribution >= 4 is 22.8 Å². The highest BCUT2D eigenvalue weighted by molar-refractivity contribution is 5.90. The Hall–Kier alpha value is -3.36. The van der Waals surface area contributed by atoms with Crippen LogP contribution in [0.3, 0.4) is 0 Å². The molecular weight excluding hydrogens is 410 g/mol. The molecule has 2 N–H and O–H groups in total. The molecule has 0 aliphatic rings. The van der Waals surface area contributed by atoms with Gasteiger partial charge in [-0.05, 0) is 36.6 Å². The monoisotopic (exact) mass is 441 g/mol. The average Bonchev–Trinajstić information content (AvgIpc) is 3.10. The smallest absolute Gasteiger partial charge is 0.330 e. The molecular formula is C23H31N5O4. The van der Waals surface area contributed by atoms with Crippen LogP contribution in [0.25, 0.3) is 11.2 Å². The summed E-state index contributed by atoms with van der Waals surface area (Å²) in [6, 6.07) is 7.10. The zero-order valence-electron chi connectivity index (χ0n) is 19.1. The maximum atomic E-state index is 12.7. The number of ether oxygens (including phenoxy) is 1. The summed E-state index contributed by atoms with van der Waals surface area (Å²) in [5, 5.41) is 2.86. The number of hydrogen-bond acceptors (Lipinski definition) is 5. The molecule has 9 heteroatoms. The molecule has 3 aromatic rings. The van der Waals surface area contributed by atoms with Crippen LogP contribution in [0, 0.1) is 5.92 Å². The standard InChI is InChI=1S/C23H31N5O4/c1-5-6-13-27-21-20(22(30)26-23(27)31)28(14-15(2)3)18(25-21)11-12-19(29)24-16-7-9-17(32-4)10-8-16/h7-10,15H,5-6,11-14H2,1-4H3,(H,24,29)(H,26,30,31). The van der Waals surface area contributed by atoms with Crippen LogP contribution in [0.4, 0.5) is 5.69 Å². The number of hydrogen-bond donors (Lipinski definition) is 2. The maximum Gasteiger partial charge on any atom is 0.330 e. The van der Waals surface area contributed by atoms with Crippen molar-refractivity contribution in [1.29, 1.82) is 0 Å². The van der Waals surface area contributed by atoms with Gasteiger partial charge in [-0.25, -0.2) is 9.78 Å². The van der Waals surface area contributed by atoms with E-state index in [1.165, 1.54) is 4.57 Å². The number of H-pyrrole nitrogens is 1. The zero-order chi connectivity index (χ0) is 23.3. The van der Waals surface area contributed by atoms with Crippen molar-refractivity contribution < 1.29 is 9.53 Å². The number of imidazole rings is 1. The third-order valence-corrected chi connectivity index (χ3v) is 5.20. The number of aromatic nitrogens is 4. The van der Waals surface area contributed by atoms with Gasteiger partial charge in [-0.1, -0.05) is 27.2 Å². The van der Waals surface area contributed by atoms with E-state index >= 15 is 0 Å². The highest BCUT2D eigenvalue weighted by Gasteiger charge is 2.19. The van der Waals surface area contributed by atoms with Crippen LogP contribution in [0.15, 0.2) is 33.9 Å². The molecule has 0 atom stereocenters. The van der Waals surface area contributed by atoms with Gasteiger partial charge in [0.2, 0.25) is 5.91 Å². The molecule has 1 aromatic carbocycles. The third-order valence-electron chi connectivity index (χ3n) is 5.20. The van der Waals surface area contributed by atoms with E-state index in [9.17, 15) is 14.4 Å². The Kier molecular flexibility index (Phi) is 7.50. The van der Waals surface area contributed by atoms with Crippen LogP contribution >= 0.6 is 0 Å². The Balaban J connectivity index is 1.88. The lowest BCUT2D eigenvalue weighted by Gasteiger charge is -2.12. The number of aryl methyl sites for hydroxylation is 2. The van der Waals surface area contributed by atoms with Gasteiger partial charge in [-0.2, -0.15) is 0 Å². The molecule has 0 spiro atoms. The fraction of sp³-hybridized carbons (Fsp3) is 0.478. The molecule has 0 saturated carbocycles. The SMILES string of the molecule is CCCCn1c(=O)[nH]c(=O)c2c1nc(CCC(=O)Nc1ccc(OC)cc1)n2CC(C)C. The topological polar surface area (TPSA) is 111 Å². The number of nitrogens with zero attached hydrogens (tertiary/aromatic N) is 3. The fourth-order valence-corrected chi connectivity index (χ4v) is 3.62. The van der Waals surface area contributed by atoms with Crippen molar-refractivity contribution in [2.24, 2.45) is 5.92 Å². The molecule has 2 aromatic heterocycles. The lowest BCUT2D eigenvalue weighted by Crippen LogP contribution is -2.31. The van der Waals surface area contributed by atoms with E-state index in [1.54, 1.807) is 31.4 Å². The highest BCUT2D eigenvalue weighted by Crippen LogP contribution is 2.18. The summed E-state index contributed by atoms with van der Waals surface area (Å²) >= 11 is 0. The first-order valence-electron chi connectivity index (χ1n) is 11.0. The molecule has 0 bridgehead atoms. The van der Waals surface area contributed by atoms with Gasteiger partial charge < -0.3 is 14.6 Å². The summed E-state index contributed by atoms with van der Waals surface area (Å²) in [7, 11) is 1.59. The normalized spacial score (nSPS) is 11.3. The van der Waals surface area contributed by atoms with Crippen molar-refractivity contribution in [3.05, 3.63) is 50.9 Å². The maximum absolute atomic E-state index is 12.7. The van der Waals surface area contributed by atoms with Crippen LogP contribution in [0.2, 0.25) is 0 Å². The molecule has 0 radical (unpaired) electrons. The van der Waals surface area contributed by atoms with Crippen molar-refractivity contribution in [3.8, 4) is 5.75 Å². The summed E-state index contributed by atoms with van der Waals surface area (Å²) in [4.78, 5) is 44.6. The number of anilines is 1. The van der Waals surface area contributed by atoms with E-state index in [0.29, 0.717) is 47.9 Å². The summed E-state index contributed by atoms with van der Waals surface area (Å²) in [6.07, 6.45) is 2.27. The minimum Gasteiger partial charge on any atom is -0.497 e. The molecule has 0 aliphatic carbocycles. The van der Waals surface area contributed by atoms with E-state index in [1.807, 2.05) is 25.3 Å². The summed E-state index contributed by atoms with van der Waals surface area (Å²) < 4.78 is 8.50. The lowest BCUT2D eigenvalue weighted by molar-refractivity contribution is -0.116. The van der Waals surface area contributed by atoms with Crippen LogP contribution in [0.1, 0.15) is 45.9 Å². The first-order valence-corrected chi connectivity index (χ1v) is 11.0. The molecule has 0 unspecified atom stereocenters. The summed E-state index contributed by atoms with van der Waals surface area (Å²) in [5.74, 6) is 1.44. The highest BCUT2D eigenvalue weighted by atomic mass is 16.5. The van der Waals surface area contributed by atoms with Crippen molar-refractivity contribution in [2.75, 3.05) is 12.4 Å². The number of carbonyl (C=O) groups excluding carboxylic acids is 1. The number of amides is 1. The number of carbonyl (C=O) groups is 1. The van der Waals surface area contributed by atoms with Gasteiger partial charge in [-0.15, -0.1) is 0 Å². The van der Waals surface area contributed by atoms with E-state index < -0.39 is 11.2 Å².